The molecule has 1 N–H and O–H groups in total. The molecule has 130 valence electrons. The van der Waals surface area contributed by atoms with Crippen molar-refractivity contribution in [3.8, 4) is 5.69 Å². The summed E-state index contributed by atoms with van der Waals surface area (Å²) in [6.07, 6.45) is 0. The van der Waals surface area contributed by atoms with Gasteiger partial charge in [-0.3, -0.25) is 9.78 Å². The summed E-state index contributed by atoms with van der Waals surface area (Å²) in [6, 6.07) is 5.72. The second-order valence-electron chi connectivity index (χ2n) is 5.99. The Morgan fingerprint density at radius 1 is 1.12 bits per heavy atom. The van der Waals surface area contributed by atoms with Gasteiger partial charge in [0, 0.05) is 0 Å². The minimum absolute atomic E-state index is 0.0219. The minimum Gasteiger partial charge on any atom is -0.273 e. The highest BCUT2D eigenvalue weighted by atomic mass is 35.5. The Morgan fingerprint density at radius 3 is 2.44 bits per heavy atom. The maximum absolute atomic E-state index is 12.6. The number of halogens is 3. The number of aromatic amines is 1. The number of para-hydroxylation sites is 1. The zero-order chi connectivity index (χ0) is 18.5. The van der Waals surface area contributed by atoms with Crippen molar-refractivity contribution >= 4 is 45.8 Å². The summed E-state index contributed by atoms with van der Waals surface area (Å²) in [5.74, 6) is 0.141. The van der Waals surface area contributed by atoms with Gasteiger partial charge >= 0.3 is 5.69 Å². The van der Waals surface area contributed by atoms with Crippen molar-refractivity contribution in [1.82, 2.24) is 14.5 Å². The largest absolute Gasteiger partial charge is 0.334 e. The first-order valence-electron chi connectivity index (χ1n) is 7.53. The molecule has 5 nitrogen and oxygen atoms in total. The molecule has 3 aromatic rings. The van der Waals surface area contributed by atoms with Crippen LogP contribution in [0.15, 0.2) is 27.8 Å². The Labute approximate surface area is 158 Å². The smallest absolute Gasteiger partial charge is 0.273 e. The van der Waals surface area contributed by atoms with Crippen LogP contribution in [0.5, 0.6) is 0 Å². The first kappa shape index (κ1) is 18.0. The van der Waals surface area contributed by atoms with Crippen molar-refractivity contribution in [1.29, 1.82) is 0 Å². The summed E-state index contributed by atoms with van der Waals surface area (Å²) < 4.78 is 1.33. The molecular formula is C17H14Cl3N3O2. The molecule has 0 radical (unpaired) electrons. The molecule has 8 heteroatoms. The van der Waals surface area contributed by atoms with Crippen LogP contribution < -0.4 is 11.2 Å². The van der Waals surface area contributed by atoms with Gasteiger partial charge in [0.15, 0.2) is 10.8 Å². The lowest BCUT2D eigenvalue weighted by Gasteiger charge is -2.18. The number of H-pyrrole nitrogens is 1. The first-order valence-corrected chi connectivity index (χ1v) is 8.66. The Morgan fingerprint density at radius 2 is 1.80 bits per heavy atom. The summed E-state index contributed by atoms with van der Waals surface area (Å²) in [7, 11) is 0. The van der Waals surface area contributed by atoms with E-state index in [9.17, 15) is 9.59 Å². The molecule has 0 aliphatic carbocycles. The van der Waals surface area contributed by atoms with Gasteiger partial charge in [0.05, 0.1) is 15.7 Å². The van der Waals surface area contributed by atoms with Crippen molar-refractivity contribution in [2.24, 2.45) is 0 Å². The highest BCUT2D eigenvalue weighted by molar-refractivity contribution is 6.49. The van der Waals surface area contributed by atoms with Crippen molar-refractivity contribution in [3.05, 3.63) is 65.4 Å². The van der Waals surface area contributed by atoms with Crippen LogP contribution in [0, 0.1) is 6.92 Å². The Bertz CT molecular complexity index is 1120. The third-order valence-corrected chi connectivity index (χ3v) is 5.21. The minimum atomic E-state index is -0.660. The molecule has 0 bridgehead atoms. The number of nitrogens with one attached hydrogen (secondary N) is 1. The second-order valence-corrected chi connectivity index (χ2v) is 7.11. The van der Waals surface area contributed by atoms with Crippen LogP contribution in [-0.2, 0) is 0 Å². The number of aromatic nitrogens is 3. The third kappa shape index (κ3) is 2.86. The quantitative estimate of drug-likeness (QED) is 0.648. The molecule has 0 unspecified atom stereocenters. The van der Waals surface area contributed by atoms with Gasteiger partial charge in [-0.1, -0.05) is 66.8 Å². The number of hydrogen-bond acceptors (Lipinski definition) is 3. The van der Waals surface area contributed by atoms with Gasteiger partial charge < -0.3 is 0 Å². The van der Waals surface area contributed by atoms with Crippen LogP contribution in [0.3, 0.4) is 0 Å². The monoisotopic (exact) mass is 397 g/mol. The number of aryl methyl sites for hydroxylation is 1. The standard InChI is InChI=1S/C17H14Cl3N3O2/c1-7(2)9-6-4-5-8(3)13(9)23-15-10(16(24)22-17(23)25)11(18)12(19)14(20)21-15/h4-7H,1-3H3,(H,22,24,25). The Kier molecular flexibility index (Phi) is 4.66. The molecule has 0 saturated heterocycles. The molecule has 25 heavy (non-hydrogen) atoms. The molecule has 0 atom stereocenters. The number of pyridine rings is 1. The van der Waals surface area contributed by atoms with E-state index in [-0.39, 0.29) is 32.1 Å². The van der Waals surface area contributed by atoms with E-state index in [1.165, 1.54) is 4.57 Å². The van der Waals surface area contributed by atoms with E-state index < -0.39 is 11.2 Å². The molecule has 2 aromatic heterocycles. The molecule has 0 aliphatic rings. The molecule has 3 rings (SSSR count). The van der Waals surface area contributed by atoms with E-state index in [2.05, 4.69) is 9.97 Å². The fourth-order valence-electron chi connectivity index (χ4n) is 2.83. The molecule has 0 amide bonds. The number of nitrogens with zero attached hydrogens (tertiary/aromatic N) is 2. The topological polar surface area (TPSA) is 67.8 Å². The second kappa shape index (κ2) is 6.48. The average Bonchev–Trinajstić information content (AvgIpc) is 2.53. The summed E-state index contributed by atoms with van der Waals surface area (Å²) >= 11 is 18.3. The van der Waals surface area contributed by atoms with Gasteiger partial charge in [-0.05, 0) is 24.0 Å². The maximum Gasteiger partial charge on any atom is 0.334 e. The Balaban J connectivity index is 2.61. The number of fused-ring (bicyclic) bond motifs is 1. The fraction of sp³-hybridized carbons (Fsp3) is 0.235. The predicted octanol–water partition coefficient (Wildman–Crippen LogP) is 4.47. The third-order valence-electron chi connectivity index (χ3n) is 4.00. The molecule has 0 saturated carbocycles. The number of rotatable bonds is 2. The van der Waals surface area contributed by atoms with Gasteiger partial charge in [-0.15, -0.1) is 0 Å². The highest BCUT2D eigenvalue weighted by Gasteiger charge is 2.21. The van der Waals surface area contributed by atoms with Crippen molar-refractivity contribution in [3.63, 3.8) is 0 Å². The van der Waals surface area contributed by atoms with Gasteiger partial charge in [0.25, 0.3) is 5.56 Å². The SMILES string of the molecule is Cc1cccc(C(C)C)c1-n1c(=O)[nH]c(=O)c2c(Cl)c(Cl)c(Cl)nc21. The van der Waals surface area contributed by atoms with E-state index in [4.69, 9.17) is 34.8 Å². The highest BCUT2D eigenvalue weighted by Crippen LogP contribution is 2.34. The van der Waals surface area contributed by atoms with Crippen LogP contribution in [0.2, 0.25) is 15.2 Å². The van der Waals surface area contributed by atoms with E-state index in [0.29, 0.717) is 5.69 Å². The molecule has 2 heterocycles. The van der Waals surface area contributed by atoms with E-state index >= 15 is 0 Å². The zero-order valence-electron chi connectivity index (χ0n) is 13.7. The zero-order valence-corrected chi connectivity index (χ0v) is 15.9. The predicted molar refractivity (Wildman–Crippen MR) is 102 cm³/mol. The normalized spacial score (nSPS) is 11.5. The van der Waals surface area contributed by atoms with Crippen LogP contribution in [0.4, 0.5) is 0 Å². The van der Waals surface area contributed by atoms with Gasteiger partial charge in [0.2, 0.25) is 0 Å². The fourth-order valence-corrected chi connectivity index (χ4v) is 3.45. The van der Waals surface area contributed by atoms with Crippen LogP contribution in [0.1, 0.15) is 30.9 Å². The summed E-state index contributed by atoms with van der Waals surface area (Å²) in [4.78, 5) is 31.4. The van der Waals surface area contributed by atoms with E-state index in [0.717, 1.165) is 11.1 Å². The maximum atomic E-state index is 12.6. The number of hydrogen-bond donors (Lipinski definition) is 1. The van der Waals surface area contributed by atoms with Crippen LogP contribution >= 0.6 is 34.8 Å². The number of benzene rings is 1. The lowest BCUT2D eigenvalue weighted by atomic mass is 9.98. The lowest BCUT2D eigenvalue weighted by Crippen LogP contribution is -2.31. The van der Waals surface area contributed by atoms with Crippen molar-refractivity contribution in [2.45, 2.75) is 26.7 Å². The molecule has 0 fully saturated rings. The Hall–Kier alpha value is -1.82. The van der Waals surface area contributed by atoms with Gasteiger partial charge in [-0.25, -0.2) is 14.3 Å². The van der Waals surface area contributed by atoms with E-state index in [1.54, 1.807) is 0 Å². The van der Waals surface area contributed by atoms with E-state index in [1.807, 2.05) is 39.0 Å². The van der Waals surface area contributed by atoms with Gasteiger partial charge in [0.1, 0.15) is 5.39 Å². The summed E-state index contributed by atoms with van der Waals surface area (Å²) in [5, 5.41) is -0.113. The summed E-state index contributed by atoms with van der Waals surface area (Å²) in [5.41, 5.74) is 1.22. The lowest BCUT2D eigenvalue weighted by molar-refractivity contribution is 0.827. The van der Waals surface area contributed by atoms with Crippen molar-refractivity contribution in [2.75, 3.05) is 0 Å². The van der Waals surface area contributed by atoms with Crippen LogP contribution in [0.25, 0.3) is 16.7 Å². The summed E-state index contributed by atoms with van der Waals surface area (Å²) in [6.45, 7) is 5.91. The molecule has 0 aliphatic heterocycles. The van der Waals surface area contributed by atoms with Crippen LogP contribution in [-0.4, -0.2) is 14.5 Å². The van der Waals surface area contributed by atoms with Gasteiger partial charge in [-0.2, -0.15) is 0 Å². The first-order chi connectivity index (χ1) is 11.7. The average molecular weight is 399 g/mol. The molecule has 0 spiro atoms. The van der Waals surface area contributed by atoms with Crippen molar-refractivity contribution < 1.29 is 0 Å². The molecule has 1 aromatic carbocycles. The molecular weight excluding hydrogens is 385 g/mol.